The monoisotopic (exact) mass is 521 g/mol. The molecular formula is C31H35N7O. The smallest absolute Gasteiger partial charge is 0.265 e. The first-order chi connectivity index (χ1) is 19.0. The molecule has 0 unspecified atom stereocenters. The maximum atomic E-state index is 13.0. The first-order valence-electron chi connectivity index (χ1n) is 13.3. The lowest BCUT2D eigenvalue weighted by atomic mass is 10.1. The largest absolute Gasteiger partial charge is 0.384 e. The topological polar surface area (TPSA) is 103 Å². The SMILES string of the molecule is Cn1c(CCc2ccc(C(=N)N)cc2)nc2cc(C(=O)NN3CCN(CC=Cc4ccccc4)CC3)ccc21. The molecule has 1 saturated heterocycles. The van der Waals surface area contributed by atoms with E-state index in [0.29, 0.717) is 5.56 Å². The molecule has 8 nitrogen and oxygen atoms in total. The van der Waals surface area contributed by atoms with Crippen LogP contribution in [0.1, 0.15) is 32.9 Å². The van der Waals surface area contributed by atoms with E-state index < -0.39 is 0 Å². The summed E-state index contributed by atoms with van der Waals surface area (Å²) in [6, 6.07) is 23.8. The van der Waals surface area contributed by atoms with Gasteiger partial charge in [0, 0.05) is 57.3 Å². The number of hydrogen-bond donors (Lipinski definition) is 3. The van der Waals surface area contributed by atoms with Crippen LogP contribution in [0.15, 0.2) is 78.9 Å². The molecule has 1 aromatic heterocycles. The average Bonchev–Trinajstić information content (AvgIpc) is 3.28. The van der Waals surface area contributed by atoms with Gasteiger partial charge in [0.15, 0.2) is 0 Å². The zero-order valence-electron chi connectivity index (χ0n) is 22.3. The maximum absolute atomic E-state index is 13.0. The van der Waals surface area contributed by atoms with E-state index in [1.807, 2.05) is 72.7 Å². The van der Waals surface area contributed by atoms with E-state index >= 15 is 0 Å². The number of imidazole rings is 1. The number of amides is 1. The molecule has 0 radical (unpaired) electrons. The molecule has 4 N–H and O–H groups in total. The van der Waals surface area contributed by atoms with Gasteiger partial charge in [-0.15, -0.1) is 0 Å². The predicted octanol–water partition coefficient (Wildman–Crippen LogP) is 3.62. The fraction of sp³-hybridized carbons (Fsp3) is 0.258. The van der Waals surface area contributed by atoms with Crippen molar-refractivity contribution in [2.24, 2.45) is 12.8 Å². The summed E-state index contributed by atoms with van der Waals surface area (Å²) in [6.07, 6.45) is 5.96. The van der Waals surface area contributed by atoms with E-state index in [4.69, 9.17) is 16.1 Å². The number of fused-ring (bicyclic) bond motifs is 1. The van der Waals surface area contributed by atoms with Gasteiger partial charge in [-0.2, -0.15) is 0 Å². The van der Waals surface area contributed by atoms with Crippen LogP contribution in [0, 0.1) is 5.41 Å². The number of piperazine rings is 1. The van der Waals surface area contributed by atoms with E-state index in [0.717, 1.165) is 68.0 Å². The zero-order valence-corrected chi connectivity index (χ0v) is 22.3. The van der Waals surface area contributed by atoms with Crippen molar-refractivity contribution < 1.29 is 4.79 Å². The second-order valence-electron chi connectivity index (χ2n) is 9.94. The van der Waals surface area contributed by atoms with Crippen molar-refractivity contribution in [3.8, 4) is 0 Å². The van der Waals surface area contributed by atoms with Crippen molar-refractivity contribution in [3.05, 3.63) is 107 Å². The number of nitrogens with one attached hydrogen (secondary N) is 2. The van der Waals surface area contributed by atoms with Gasteiger partial charge in [0.05, 0.1) is 11.0 Å². The number of aromatic nitrogens is 2. The number of hydrogen-bond acceptors (Lipinski definition) is 5. The minimum absolute atomic E-state index is 0.0750. The highest BCUT2D eigenvalue weighted by Gasteiger charge is 2.19. The van der Waals surface area contributed by atoms with Crippen LogP contribution in [-0.2, 0) is 19.9 Å². The van der Waals surface area contributed by atoms with E-state index in [9.17, 15) is 4.79 Å². The van der Waals surface area contributed by atoms with Gasteiger partial charge >= 0.3 is 0 Å². The van der Waals surface area contributed by atoms with Crippen LogP contribution in [0.5, 0.6) is 0 Å². The fourth-order valence-corrected chi connectivity index (χ4v) is 4.87. The van der Waals surface area contributed by atoms with E-state index in [2.05, 4.69) is 39.2 Å². The lowest BCUT2D eigenvalue weighted by molar-refractivity contribution is 0.0641. The van der Waals surface area contributed by atoms with Crippen molar-refractivity contribution in [3.63, 3.8) is 0 Å². The molecule has 0 spiro atoms. The maximum Gasteiger partial charge on any atom is 0.265 e. The van der Waals surface area contributed by atoms with Crippen LogP contribution in [0.4, 0.5) is 0 Å². The zero-order chi connectivity index (χ0) is 27.2. The van der Waals surface area contributed by atoms with Gasteiger partial charge in [-0.05, 0) is 35.7 Å². The Bertz CT molecular complexity index is 1470. The van der Waals surface area contributed by atoms with Crippen molar-refractivity contribution in [2.45, 2.75) is 12.8 Å². The van der Waals surface area contributed by atoms with Gasteiger partial charge in [0.25, 0.3) is 5.91 Å². The van der Waals surface area contributed by atoms with Gasteiger partial charge in [0.1, 0.15) is 11.7 Å². The lowest BCUT2D eigenvalue weighted by Gasteiger charge is -2.34. The molecule has 1 fully saturated rings. The molecule has 0 aliphatic carbocycles. The lowest BCUT2D eigenvalue weighted by Crippen LogP contribution is -2.53. The molecule has 0 saturated carbocycles. The Morgan fingerprint density at radius 3 is 2.41 bits per heavy atom. The Labute approximate surface area is 229 Å². The van der Waals surface area contributed by atoms with Crippen molar-refractivity contribution in [1.29, 1.82) is 5.41 Å². The third-order valence-corrected chi connectivity index (χ3v) is 7.24. The van der Waals surface area contributed by atoms with Gasteiger partial charge in [0.2, 0.25) is 0 Å². The molecule has 5 rings (SSSR count). The molecular weight excluding hydrogens is 486 g/mol. The van der Waals surface area contributed by atoms with Gasteiger partial charge in [-0.1, -0.05) is 66.7 Å². The van der Waals surface area contributed by atoms with Crippen LogP contribution in [-0.4, -0.2) is 63.9 Å². The molecule has 8 heteroatoms. The van der Waals surface area contributed by atoms with Crippen LogP contribution in [0.25, 0.3) is 17.1 Å². The molecule has 0 bridgehead atoms. The first kappa shape index (κ1) is 26.3. The molecule has 1 amide bonds. The molecule has 1 aliphatic heterocycles. The highest BCUT2D eigenvalue weighted by Crippen LogP contribution is 2.19. The number of amidine groups is 1. The molecule has 2 heterocycles. The summed E-state index contributed by atoms with van der Waals surface area (Å²) >= 11 is 0. The average molecular weight is 522 g/mol. The summed E-state index contributed by atoms with van der Waals surface area (Å²) < 4.78 is 2.09. The summed E-state index contributed by atoms with van der Waals surface area (Å²) in [6.45, 7) is 4.28. The van der Waals surface area contributed by atoms with Crippen LogP contribution in [0.2, 0.25) is 0 Å². The number of nitrogens with zero attached hydrogens (tertiary/aromatic N) is 4. The Balaban J connectivity index is 1.14. The predicted molar refractivity (Wildman–Crippen MR) is 157 cm³/mol. The number of carbonyl (C=O) groups excluding carboxylic acids is 1. The summed E-state index contributed by atoms with van der Waals surface area (Å²) in [5.74, 6) is 0.939. The van der Waals surface area contributed by atoms with Gasteiger partial charge < -0.3 is 10.3 Å². The molecule has 4 aromatic rings. The highest BCUT2D eigenvalue weighted by atomic mass is 16.2. The quantitative estimate of drug-likeness (QED) is 0.231. The Morgan fingerprint density at radius 1 is 0.974 bits per heavy atom. The number of benzene rings is 3. The number of rotatable bonds is 9. The standard InChI is InChI=1S/C31H35N7O/c1-36-28-15-14-26(22-27(28)34-29(36)16-11-24-9-12-25(13-10-24)30(32)33)31(39)35-38-20-18-37(19-21-38)17-5-8-23-6-3-2-4-7-23/h2-10,12-15,22H,11,16-21H2,1H3,(H3,32,33)(H,35,39). The summed E-state index contributed by atoms with van der Waals surface area (Å²) in [7, 11) is 2.01. The fourth-order valence-electron chi connectivity index (χ4n) is 4.87. The van der Waals surface area contributed by atoms with E-state index in [1.165, 1.54) is 11.1 Å². The summed E-state index contributed by atoms with van der Waals surface area (Å²) in [4.78, 5) is 20.2. The number of carbonyl (C=O) groups is 1. The highest BCUT2D eigenvalue weighted by molar-refractivity contribution is 5.97. The Kier molecular flexibility index (Phi) is 8.15. The van der Waals surface area contributed by atoms with Crippen molar-refractivity contribution >= 4 is 28.9 Å². The van der Waals surface area contributed by atoms with Crippen LogP contribution >= 0.6 is 0 Å². The minimum Gasteiger partial charge on any atom is -0.384 e. The Morgan fingerprint density at radius 2 is 1.69 bits per heavy atom. The van der Waals surface area contributed by atoms with E-state index in [-0.39, 0.29) is 11.7 Å². The molecule has 0 atom stereocenters. The van der Waals surface area contributed by atoms with Crippen LogP contribution < -0.4 is 11.2 Å². The van der Waals surface area contributed by atoms with E-state index in [1.54, 1.807) is 0 Å². The van der Waals surface area contributed by atoms with Crippen LogP contribution in [0.3, 0.4) is 0 Å². The number of nitrogen functional groups attached to an aromatic ring is 1. The number of aryl methyl sites for hydroxylation is 3. The third-order valence-electron chi connectivity index (χ3n) is 7.24. The second kappa shape index (κ2) is 12.1. The molecule has 1 aliphatic rings. The normalized spacial score (nSPS) is 14.7. The first-order valence-corrected chi connectivity index (χ1v) is 13.3. The van der Waals surface area contributed by atoms with Gasteiger partial charge in [-0.3, -0.25) is 20.5 Å². The third kappa shape index (κ3) is 6.60. The summed E-state index contributed by atoms with van der Waals surface area (Å²) in [5.41, 5.74) is 14.2. The number of hydrazine groups is 1. The molecule has 200 valence electrons. The molecule has 39 heavy (non-hydrogen) atoms. The summed E-state index contributed by atoms with van der Waals surface area (Å²) in [5, 5.41) is 9.54. The van der Waals surface area contributed by atoms with Gasteiger partial charge in [-0.25, -0.2) is 9.99 Å². The van der Waals surface area contributed by atoms with Crippen molar-refractivity contribution in [1.82, 2.24) is 24.9 Å². The Hall–Kier alpha value is -4.27. The van der Waals surface area contributed by atoms with Crippen molar-refractivity contribution in [2.75, 3.05) is 32.7 Å². The number of nitrogens with two attached hydrogens (primary N) is 1. The second-order valence-corrected chi connectivity index (χ2v) is 9.94. The minimum atomic E-state index is -0.105. The molecule has 3 aromatic carbocycles.